The monoisotopic (exact) mass is 195 g/mol. The number of hydrogen-bond acceptors (Lipinski definition) is 2. The third-order valence-electron chi connectivity index (χ3n) is 0.810. The van der Waals surface area contributed by atoms with Crippen LogP contribution in [0, 0.1) is 0 Å². The van der Waals surface area contributed by atoms with Crippen molar-refractivity contribution in [1.29, 1.82) is 0 Å². The van der Waals surface area contributed by atoms with Crippen molar-refractivity contribution in [3.63, 3.8) is 0 Å². The molecule has 0 unspecified atom stereocenters. The van der Waals surface area contributed by atoms with Crippen LogP contribution >= 0.6 is 23.2 Å². The van der Waals surface area contributed by atoms with Crippen LogP contribution in [0.3, 0.4) is 0 Å². The first-order chi connectivity index (χ1) is 4.77. The largest absolute Gasteiger partial charge is 0.234 e. The van der Waals surface area contributed by atoms with Gasteiger partial charge in [0.05, 0.1) is 20.5 Å². The molecule has 0 N–H and O–H groups in total. The molecule has 0 aliphatic carbocycles. The van der Waals surface area contributed by atoms with Crippen molar-refractivity contribution in [2.24, 2.45) is 4.99 Å². The second kappa shape index (κ2) is 7.29. The van der Waals surface area contributed by atoms with Gasteiger partial charge in [-0.1, -0.05) is 6.04 Å². The van der Waals surface area contributed by atoms with E-state index in [0.29, 0.717) is 16.1 Å². The fourth-order valence-corrected chi connectivity index (χ4v) is 1.65. The molecule has 0 amide bonds. The zero-order chi connectivity index (χ0) is 7.82. The minimum absolute atomic E-state index is 0.264. The smallest absolute Gasteiger partial charge is 0.211 e. The summed E-state index contributed by atoms with van der Waals surface area (Å²) in [5.41, 5.74) is 0. The number of rotatable bonds is 5. The third kappa shape index (κ3) is 8.18. The Kier molecular flexibility index (Phi) is 7.41. The van der Waals surface area contributed by atoms with Crippen molar-refractivity contribution in [2.45, 2.75) is 16.9 Å². The molecule has 0 saturated heterocycles. The molecule has 5 heteroatoms. The Labute approximate surface area is 72.4 Å². The quantitative estimate of drug-likeness (QED) is 0.216. The van der Waals surface area contributed by atoms with Crippen LogP contribution in [-0.4, -0.2) is 26.6 Å². The summed E-state index contributed by atoms with van der Waals surface area (Å²) in [6.07, 6.45) is 2.33. The zero-order valence-corrected chi connectivity index (χ0v) is 7.82. The van der Waals surface area contributed by atoms with E-state index in [2.05, 4.69) is 4.99 Å². The SMILES string of the molecule is O=C=NCCC[Si]C(Cl)Cl. The van der Waals surface area contributed by atoms with Gasteiger partial charge in [-0.15, -0.1) is 23.2 Å². The van der Waals surface area contributed by atoms with Crippen LogP contribution in [0.1, 0.15) is 6.42 Å². The summed E-state index contributed by atoms with van der Waals surface area (Å²) < 4.78 is -0.264. The van der Waals surface area contributed by atoms with E-state index in [1.165, 1.54) is 6.08 Å². The predicted molar refractivity (Wildman–Crippen MR) is 43.7 cm³/mol. The van der Waals surface area contributed by atoms with Gasteiger partial charge in [-0.2, -0.15) is 0 Å². The highest BCUT2D eigenvalue weighted by Gasteiger charge is 1.98. The molecule has 0 aliphatic rings. The van der Waals surface area contributed by atoms with Gasteiger partial charge in [-0.05, 0) is 6.42 Å². The van der Waals surface area contributed by atoms with Gasteiger partial charge >= 0.3 is 0 Å². The van der Waals surface area contributed by atoms with Crippen molar-refractivity contribution in [3.05, 3.63) is 0 Å². The summed E-state index contributed by atoms with van der Waals surface area (Å²) in [5, 5.41) is 0. The molecule has 0 atom stereocenters. The van der Waals surface area contributed by atoms with Gasteiger partial charge in [-0.3, -0.25) is 0 Å². The van der Waals surface area contributed by atoms with Gasteiger partial charge in [0.1, 0.15) is 0 Å². The average molecular weight is 196 g/mol. The average Bonchev–Trinajstić information content (AvgIpc) is 1.87. The minimum Gasteiger partial charge on any atom is -0.211 e. The molecule has 2 nitrogen and oxygen atoms in total. The van der Waals surface area contributed by atoms with E-state index in [4.69, 9.17) is 23.2 Å². The Bertz CT molecular complexity index is 125. The maximum Gasteiger partial charge on any atom is 0.234 e. The van der Waals surface area contributed by atoms with Crippen LogP contribution in [0.25, 0.3) is 0 Å². The van der Waals surface area contributed by atoms with Gasteiger partial charge in [0.25, 0.3) is 0 Å². The van der Waals surface area contributed by atoms with E-state index in [1.807, 2.05) is 0 Å². The number of hydrogen-bond donors (Lipinski definition) is 0. The van der Waals surface area contributed by atoms with Crippen LogP contribution in [0.4, 0.5) is 0 Å². The summed E-state index contributed by atoms with van der Waals surface area (Å²) in [7, 11) is 0.541. The second-order valence-corrected chi connectivity index (χ2v) is 4.90. The standard InChI is InChI=1S/C5H7Cl2NOSi/c6-5(7)10-3-1-2-8-4-9/h5H,1-3H2. The lowest BCUT2D eigenvalue weighted by Crippen LogP contribution is -2.00. The number of halogens is 2. The van der Waals surface area contributed by atoms with Crippen LogP contribution in [0.15, 0.2) is 4.99 Å². The fraction of sp³-hybridized carbons (Fsp3) is 0.800. The summed E-state index contributed by atoms with van der Waals surface area (Å²) in [6, 6.07) is 0.933. The van der Waals surface area contributed by atoms with E-state index >= 15 is 0 Å². The topological polar surface area (TPSA) is 29.4 Å². The minimum atomic E-state index is -0.264. The molecule has 0 saturated carbocycles. The van der Waals surface area contributed by atoms with Crippen LogP contribution in [0.2, 0.25) is 6.04 Å². The maximum absolute atomic E-state index is 9.56. The normalized spacial score (nSPS) is 9.50. The van der Waals surface area contributed by atoms with E-state index in [1.54, 1.807) is 0 Å². The number of isocyanates is 1. The molecule has 0 aromatic carbocycles. The molecular weight excluding hydrogens is 189 g/mol. The number of nitrogens with zero attached hydrogens (tertiary/aromatic N) is 1. The number of aliphatic imine (C=N–C) groups is 1. The van der Waals surface area contributed by atoms with Crippen molar-refractivity contribution in [3.8, 4) is 0 Å². The highest BCUT2D eigenvalue weighted by molar-refractivity contribution is 6.68. The Balaban J connectivity index is 2.98. The molecular formula is C5H7Cl2NOSi. The van der Waals surface area contributed by atoms with E-state index in [9.17, 15) is 4.79 Å². The van der Waals surface area contributed by atoms with Gasteiger partial charge in [0.2, 0.25) is 6.08 Å². The Morgan fingerprint density at radius 1 is 1.60 bits per heavy atom. The molecule has 0 fully saturated rings. The molecule has 0 rings (SSSR count). The molecule has 0 heterocycles. The first kappa shape index (κ1) is 10.2. The van der Waals surface area contributed by atoms with Crippen LogP contribution in [0.5, 0.6) is 0 Å². The predicted octanol–water partition coefficient (Wildman–Crippen LogP) is 1.60. The van der Waals surface area contributed by atoms with E-state index in [0.717, 1.165) is 12.5 Å². The second-order valence-electron chi connectivity index (χ2n) is 1.58. The lowest BCUT2D eigenvalue weighted by Gasteiger charge is -1.95. The van der Waals surface area contributed by atoms with Crippen LogP contribution in [-0.2, 0) is 4.79 Å². The van der Waals surface area contributed by atoms with Crippen molar-refractivity contribution < 1.29 is 4.79 Å². The zero-order valence-electron chi connectivity index (χ0n) is 5.31. The third-order valence-corrected chi connectivity index (χ3v) is 2.69. The van der Waals surface area contributed by atoms with E-state index in [-0.39, 0.29) is 4.46 Å². The van der Waals surface area contributed by atoms with Crippen molar-refractivity contribution >= 4 is 38.8 Å². The number of carbonyl (C=O) groups excluding carboxylic acids is 1. The van der Waals surface area contributed by atoms with Gasteiger partial charge in [0.15, 0.2) is 0 Å². The summed E-state index contributed by atoms with van der Waals surface area (Å²) in [4.78, 5) is 12.9. The molecule has 0 aromatic rings. The first-order valence-electron chi connectivity index (χ1n) is 2.82. The lowest BCUT2D eigenvalue weighted by atomic mass is 10.5. The fourth-order valence-electron chi connectivity index (χ4n) is 0.415. The maximum atomic E-state index is 9.56. The highest BCUT2D eigenvalue weighted by atomic mass is 35.5. The molecule has 56 valence electrons. The van der Waals surface area contributed by atoms with Gasteiger partial charge in [-0.25, -0.2) is 9.79 Å². The molecule has 0 aromatic heterocycles. The van der Waals surface area contributed by atoms with E-state index < -0.39 is 0 Å². The molecule has 0 spiro atoms. The number of alkyl halides is 2. The molecule has 2 radical (unpaired) electrons. The molecule has 0 bridgehead atoms. The Morgan fingerprint density at radius 2 is 2.30 bits per heavy atom. The first-order valence-corrected chi connectivity index (χ1v) is 4.98. The highest BCUT2D eigenvalue weighted by Crippen LogP contribution is 2.02. The summed E-state index contributed by atoms with van der Waals surface area (Å²) in [6.45, 7) is 0.539. The van der Waals surface area contributed by atoms with Crippen LogP contribution < -0.4 is 0 Å². The lowest BCUT2D eigenvalue weighted by molar-refractivity contribution is 0.562. The Morgan fingerprint density at radius 3 is 2.80 bits per heavy atom. The molecule has 0 aliphatic heterocycles. The van der Waals surface area contributed by atoms with Crippen molar-refractivity contribution in [1.82, 2.24) is 0 Å². The molecule has 10 heavy (non-hydrogen) atoms. The van der Waals surface area contributed by atoms with Gasteiger partial charge < -0.3 is 0 Å². The van der Waals surface area contributed by atoms with Crippen molar-refractivity contribution in [2.75, 3.05) is 6.54 Å². The Hall–Kier alpha value is 0.177. The summed E-state index contributed by atoms with van der Waals surface area (Å²) in [5.74, 6) is 0. The summed E-state index contributed by atoms with van der Waals surface area (Å²) >= 11 is 10.9. The van der Waals surface area contributed by atoms with Gasteiger partial charge in [0, 0.05) is 0 Å².